The summed E-state index contributed by atoms with van der Waals surface area (Å²) in [6.07, 6.45) is 1.24. The van der Waals surface area contributed by atoms with E-state index in [1.165, 1.54) is 11.3 Å². The number of carbonyl (C=O) groups is 2. The third kappa shape index (κ3) is 4.93. The quantitative estimate of drug-likeness (QED) is 0.777. The lowest BCUT2D eigenvalue weighted by Gasteiger charge is -2.05. The number of hydrogen-bond acceptors (Lipinski definition) is 3. The van der Waals surface area contributed by atoms with Crippen LogP contribution in [-0.4, -0.2) is 24.9 Å². The lowest BCUT2D eigenvalue weighted by molar-refractivity contribution is -0.125. The fourth-order valence-electron chi connectivity index (χ4n) is 1.14. The third-order valence-electron chi connectivity index (χ3n) is 1.93. The molecule has 2 amide bonds. The molecule has 0 aromatic carbocycles. The van der Waals surface area contributed by atoms with Crippen molar-refractivity contribution in [2.45, 2.75) is 19.8 Å². The fraction of sp³-hybridized carbons (Fsp3) is 0.455. The molecule has 2 N–H and O–H groups in total. The second-order valence-corrected chi connectivity index (χ2v) is 4.42. The van der Waals surface area contributed by atoms with E-state index in [1.54, 1.807) is 0 Å². The summed E-state index contributed by atoms with van der Waals surface area (Å²) in [5.41, 5.74) is 0. The number of amides is 2. The molecule has 4 nitrogen and oxygen atoms in total. The average Bonchev–Trinajstić information content (AvgIpc) is 2.76. The van der Waals surface area contributed by atoms with Gasteiger partial charge in [-0.15, -0.1) is 11.3 Å². The Balaban J connectivity index is 2.17. The van der Waals surface area contributed by atoms with Gasteiger partial charge in [-0.1, -0.05) is 13.0 Å². The number of rotatable bonds is 6. The Bertz CT molecular complexity index is 336. The van der Waals surface area contributed by atoms with Gasteiger partial charge in [0, 0.05) is 11.4 Å². The fourth-order valence-corrected chi connectivity index (χ4v) is 1.84. The van der Waals surface area contributed by atoms with E-state index in [0.717, 1.165) is 11.3 Å². The molecule has 0 bridgehead atoms. The second-order valence-electron chi connectivity index (χ2n) is 3.38. The first-order valence-corrected chi connectivity index (χ1v) is 6.16. The molecule has 0 saturated heterocycles. The van der Waals surface area contributed by atoms with Gasteiger partial charge in [-0.2, -0.15) is 0 Å². The van der Waals surface area contributed by atoms with Crippen LogP contribution < -0.4 is 10.6 Å². The summed E-state index contributed by atoms with van der Waals surface area (Å²) in [6, 6.07) is 3.81. The first-order chi connectivity index (χ1) is 7.72. The number of thiophene rings is 1. The van der Waals surface area contributed by atoms with Crippen molar-refractivity contribution in [2.75, 3.05) is 13.1 Å². The van der Waals surface area contributed by atoms with E-state index >= 15 is 0 Å². The van der Waals surface area contributed by atoms with Crippen LogP contribution in [0.25, 0.3) is 0 Å². The van der Waals surface area contributed by atoms with Gasteiger partial charge in [0.25, 0.3) is 0 Å². The molecule has 0 fully saturated rings. The van der Waals surface area contributed by atoms with Gasteiger partial charge >= 0.3 is 0 Å². The Hall–Kier alpha value is -1.36. The summed E-state index contributed by atoms with van der Waals surface area (Å²) in [7, 11) is 0. The van der Waals surface area contributed by atoms with Crippen LogP contribution in [-0.2, 0) is 16.0 Å². The van der Waals surface area contributed by atoms with E-state index in [1.807, 2.05) is 24.4 Å². The van der Waals surface area contributed by atoms with Gasteiger partial charge in [-0.25, -0.2) is 0 Å². The second kappa shape index (κ2) is 7.00. The Labute approximate surface area is 99.0 Å². The highest BCUT2D eigenvalue weighted by Gasteiger charge is 2.06. The largest absolute Gasteiger partial charge is 0.355 e. The summed E-state index contributed by atoms with van der Waals surface area (Å²) in [6.45, 7) is 2.69. The van der Waals surface area contributed by atoms with Crippen LogP contribution in [0.2, 0.25) is 0 Å². The van der Waals surface area contributed by atoms with Crippen molar-refractivity contribution in [3.8, 4) is 0 Å². The average molecular weight is 240 g/mol. The first-order valence-electron chi connectivity index (χ1n) is 5.28. The molecule has 0 spiro atoms. The standard InChI is InChI=1S/C11H16N2O2S/c1-2-5-12-11(15)8-13-10(14)7-9-4-3-6-16-9/h3-4,6H,2,5,7-8H2,1H3,(H,12,15)(H,13,14). The molecule has 1 rings (SSSR count). The van der Waals surface area contributed by atoms with Crippen LogP contribution >= 0.6 is 11.3 Å². The normalized spacial score (nSPS) is 9.81. The smallest absolute Gasteiger partial charge is 0.239 e. The molecule has 88 valence electrons. The Morgan fingerprint density at radius 2 is 2.12 bits per heavy atom. The zero-order valence-corrected chi connectivity index (χ0v) is 10.1. The molecule has 16 heavy (non-hydrogen) atoms. The van der Waals surface area contributed by atoms with Gasteiger partial charge in [0.1, 0.15) is 0 Å². The molecule has 0 saturated carbocycles. The Kier molecular flexibility index (Phi) is 5.56. The molecule has 0 aliphatic heterocycles. The predicted octanol–water partition coefficient (Wildman–Crippen LogP) is 0.933. The van der Waals surface area contributed by atoms with Crippen molar-refractivity contribution in [1.82, 2.24) is 10.6 Å². The van der Waals surface area contributed by atoms with Crippen molar-refractivity contribution in [3.05, 3.63) is 22.4 Å². The highest BCUT2D eigenvalue weighted by atomic mass is 32.1. The maximum atomic E-state index is 11.4. The van der Waals surface area contributed by atoms with Crippen LogP contribution in [0, 0.1) is 0 Å². The van der Waals surface area contributed by atoms with Crippen LogP contribution in [0.4, 0.5) is 0 Å². The molecule has 1 aromatic rings. The zero-order chi connectivity index (χ0) is 11.8. The molecule has 5 heteroatoms. The van der Waals surface area contributed by atoms with E-state index in [-0.39, 0.29) is 18.4 Å². The van der Waals surface area contributed by atoms with Crippen LogP contribution in [0.5, 0.6) is 0 Å². The lowest BCUT2D eigenvalue weighted by atomic mass is 10.3. The minimum absolute atomic E-state index is 0.0597. The summed E-state index contributed by atoms with van der Waals surface area (Å²) in [5, 5.41) is 7.21. The SMILES string of the molecule is CCCNC(=O)CNC(=O)Cc1cccs1. The summed E-state index contributed by atoms with van der Waals surface area (Å²) in [5.74, 6) is -0.254. The van der Waals surface area contributed by atoms with Crippen LogP contribution in [0.3, 0.4) is 0 Å². The number of hydrogen-bond donors (Lipinski definition) is 2. The van der Waals surface area contributed by atoms with Gasteiger partial charge in [-0.3, -0.25) is 9.59 Å². The van der Waals surface area contributed by atoms with Crippen LogP contribution in [0.15, 0.2) is 17.5 Å². The van der Waals surface area contributed by atoms with Crippen molar-refractivity contribution < 1.29 is 9.59 Å². The minimum Gasteiger partial charge on any atom is -0.355 e. The first kappa shape index (κ1) is 12.7. The maximum Gasteiger partial charge on any atom is 0.239 e. The Morgan fingerprint density at radius 1 is 1.31 bits per heavy atom. The van der Waals surface area contributed by atoms with Gasteiger partial charge in [0.05, 0.1) is 13.0 Å². The van der Waals surface area contributed by atoms with Crippen molar-refractivity contribution in [3.63, 3.8) is 0 Å². The van der Waals surface area contributed by atoms with E-state index in [9.17, 15) is 9.59 Å². The van der Waals surface area contributed by atoms with E-state index in [4.69, 9.17) is 0 Å². The summed E-state index contributed by atoms with van der Waals surface area (Å²) < 4.78 is 0. The van der Waals surface area contributed by atoms with E-state index in [0.29, 0.717) is 13.0 Å². The van der Waals surface area contributed by atoms with Crippen LogP contribution in [0.1, 0.15) is 18.2 Å². The molecular weight excluding hydrogens is 224 g/mol. The highest BCUT2D eigenvalue weighted by Crippen LogP contribution is 2.08. The zero-order valence-electron chi connectivity index (χ0n) is 9.29. The summed E-state index contributed by atoms with van der Waals surface area (Å²) in [4.78, 5) is 23.6. The lowest BCUT2D eigenvalue weighted by Crippen LogP contribution is -2.37. The third-order valence-corrected chi connectivity index (χ3v) is 2.81. The molecule has 0 aliphatic rings. The van der Waals surface area contributed by atoms with Crippen molar-refractivity contribution >= 4 is 23.2 Å². The topological polar surface area (TPSA) is 58.2 Å². The van der Waals surface area contributed by atoms with Gasteiger partial charge in [0.15, 0.2) is 0 Å². The predicted molar refractivity (Wildman–Crippen MR) is 64.3 cm³/mol. The molecule has 1 heterocycles. The highest BCUT2D eigenvalue weighted by molar-refractivity contribution is 7.10. The van der Waals surface area contributed by atoms with E-state index in [2.05, 4.69) is 10.6 Å². The number of nitrogens with one attached hydrogen (secondary N) is 2. The molecule has 1 aromatic heterocycles. The molecular formula is C11H16N2O2S. The van der Waals surface area contributed by atoms with E-state index < -0.39 is 0 Å². The van der Waals surface area contributed by atoms with Crippen molar-refractivity contribution in [1.29, 1.82) is 0 Å². The van der Waals surface area contributed by atoms with Gasteiger partial charge in [0.2, 0.25) is 11.8 Å². The molecule has 0 atom stereocenters. The van der Waals surface area contributed by atoms with Gasteiger partial charge < -0.3 is 10.6 Å². The monoisotopic (exact) mass is 240 g/mol. The van der Waals surface area contributed by atoms with Gasteiger partial charge in [-0.05, 0) is 17.9 Å². The Morgan fingerprint density at radius 3 is 2.75 bits per heavy atom. The molecule has 0 radical (unpaired) electrons. The minimum atomic E-state index is -0.138. The maximum absolute atomic E-state index is 11.4. The molecule has 0 aliphatic carbocycles. The summed E-state index contributed by atoms with van der Waals surface area (Å²) >= 11 is 1.54. The molecule has 0 unspecified atom stereocenters. The number of carbonyl (C=O) groups excluding carboxylic acids is 2. The van der Waals surface area contributed by atoms with Crippen molar-refractivity contribution in [2.24, 2.45) is 0 Å².